The number of hydrogen-bond acceptors (Lipinski definition) is 4. The van der Waals surface area contributed by atoms with Crippen LogP contribution in [0.1, 0.15) is 28.8 Å². The highest BCUT2D eigenvalue weighted by Gasteiger charge is 2.27. The third kappa shape index (κ3) is 5.47. The summed E-state index contributed by atoms with van der Waals surface area (Å²) >= 11 is 3.36. The van der Waals surface area contributed by atoms with Gasteiger partial charge in [-0.3, -0.25) is 9.59 Å². The maximum absolute atomic E-state index is 12.6. The largest absolute Gasteiger partial charge is 0.352 e. The molecule has 2 N–H and O–H groups in total. The van der Waals surface area contributed by atoms with Crippen molar-refractivity contribution in [1.29, 1.82) is 0 Å². The van der Waals surface area contributed by atoms with Gasteiger partial charge in [-0.1, -0.05) is 28.1 Å². The molecule has 160 valence electrons. The molecule has 30 heavy (non-hydrogen) atoms. The quantitative estimate of drug-likeness (QED) is 0.646. The topological polar surface area (TPSA) is 95.6 Å². The Bertz CT molecular complexity index is 1020. The minimum atomic E-state index is -3.52. The first-order valence-electron chi connectivity index (χ1n) is 9.65. The van der Waals surface area contributed by atoms with Crippen LogP contribution < -0.4 is 10.0 Å². The van der Waals surface area contributed by atoms with Gasteiger partial charge in [0.25, 0.3) is 5.91 Å². The fraction of sp³-hybridized carbons (Fsp3) is 0.333. The molecular weight excluding hydrogens is 470 g/mol. The highest BCUT2D eigenvalue weighted by Crippen LogP contribution is 2.20. The van der Waals surface area contributed by atoms with Crippen LogP contribution in [0.15, 0.2) is 57.9 Å². The summed E-state index contributed by atoms with van der Waals surface area (Å²) < 4.78 is 27.0. The molecule has 0 aliphatic carbocycles. The van der Waals surface area contributed by atoms with Crippen molar-refractivity contribution in [1.82, 2.24) is 14.9 Å². The summed E-state index contributed by atoms with van der Waals surface area (Å²) in [6.07, 6.45) is 1.20. The second-order valence-corrected chi connectivity index (χ2v) is 9.95. The van der Waals surface area contributed by atoms with Crippen LogP contribution in [0.4, 0.5) is 0 Å². The molecular formula is C21H24BrN3O4S. The number of rotatable bonds is 6. The number of nitrogens with zero attached hydrogens (tertiary/aromatic N) is 1. The molecule has 1 saturated heterocycles. The normalized spacial score (nSPS) is 15.1. The highest BCUT2D eigenvalue weighted by atomic mass is 79.9. The third-order valence-corrected chi connectivity index (χ3v) is 7.13. The lowest BCUT2D eigenvalue weighted by molar-refractivity contribution is -0.126. The van der Waals surface area contributed by atoms with Crippen LogP contribution in [-0.2, 0) is 21.4 Å². The minimum Gasteiger partial charge on any atom is -0.352 e. The second kappa shape index (κ2) is 9.72. The van der Waals surface area contributed by atoms with Crippen LogP contribution in [0.3, 0.4) is 0 Å². The monoisotopic (exact) mass is 493 g/mol. The minimum absolute atomic E-state index is 0.0242. The predicted molar refractivity (Wildman–Crippen MR) is 117 cm³/mol. The first-order valence-corrected chi connectivity index (χ1v) is 11.9. The molecule has 2 aromatic carbocycles. The molecule has 1 aliphatic heterocycles. The summed E-state index contributed by atoms with van der Waals surface area (Å²) in [4.78, 5) is 27.1. The summed E-state index contributed by atoms with van der Waals surface area (Å²) in [5, 5.41) is 2.88. The Labute approximate surface area is 185 Å². The van der Waals surface area contributed by atoms with Crippen molar-refractivity contribution < 1.29 is 18.0 Å². The number of sulfonamides is 1. The SMILES string of the molecule is CNS(=O)(=O)c1cccc(CNC(=O)C2CCN(C(=O)c3ccc(Br)cc3)CC2)c1. The zero-order chi connectivity index (χ0) is 21.7. The molecule has 0 saturated carbocycles. The van der Waals surface area contributed by atoms with Gasteiger partial charge in [-0.2, -0.15) is 0 Å². The van der Waals surface area contributed by atoms with E-state index < -0.39 is 10.0 Å². The van der Waals surface area contributed by atoms with Crippen LogP contribution in [0.25, 0.3) is 0 Å². The molecule has 0 spiro atoms. The van der Waals surface area contributed by atoms with Gasteiger partial charge in [-0.15, -0.1) is 0 Å². The maximum atomic E-state index is 12.6. The number of nitrogens with one attached hydrogen (secondary N) is 2. The lowest BCUT2D eigenvalue weighted by atomic mass is 9.95. The fourth-order valence-corrected chi connectivity index (χ4v) is 4.46. The van der Waals surface area contributed by atoms with E-state index in [1.54, 1.807) is 35.2 Å². The van der Waals surface area contributed by atoms with E-state index in [-0.39, 0.29) is 29.2 Å². The van der Waals surface area contributed by atoms with Gasteiger partial charge in [-0.25, -0.2) is 13.1 Å². The first kappa shape index (κ1) is 22.5. The average molecular weight is 494 g/mol. The van der Waals surface area contributed by atoms with Gasteiger partial charge in [0.15, 0.2) is 0 Å². The van der Waals surface area contributed by atoms with E-state index in [4.69, 9.17) is 0 Å². The van der Waals surface area contributed by atoms with E-state index in [0.717, 1.165) is 4.47 Å². The molecule has 2 aromatic rings. The van der Waals surface area contributed by atoms with Crippen molar-refractivity contribution in [2.75, 3.05) is 20.1 Å². The molecule has 0 atom stereocenters. The van der Waals surface area contributed by atoms with Gasteiger partial charge in [-0.05, 0) is 61.9 Å². The van der Waals surface area contributed by atoms with Crippen LogP contribution >= 0.6 is 15.9 Å². The fourth-order valence-electron chi connectivity index (χ4n) is 3.39. The van der Waals surface area contributed by atoms with Crippen molar-refractivity contribution in [3.05, 3.63) is 64.1 Å². The Balaban J connectivity index is 1.52. The number of carbonyl (C=O) groups excluding carboxylic acids is 2. The summed E-state index contributed by atoms with van der Waals surface area (Å²) in [7, 11) is -2.16. The van der Waals surface area contributed by atoms with E-state index in [2.05, 4.69) is 26.0 Å². The number of halogens is 1. The maximum Gasteiger partial charge on any atom is 0.253 e. The van der Waals surface area contributed by atoms with E-state index in [1.807, 2.05) is 12.1 Å². The van der Waals surface area contributed by atoms with Crippen molar-refractivity contribution >= 4 is 37.8 Å². The molecule has 9 heteroatoms. The van der Waals surface area contributed by atoms with E-state index in [0.29, 0.717) is 37.1 Å². The van der Waals surface area contributed by atoms with Crippen molar-refractivity contribution in [3.63, 3.8) is 0 Å². The molecule has 0 radical (unpaired) electrons. The van der Waals surface area contributed by atoms with Gasteiger partial charge < -0.3 is 10.2 Å². The zero-order valence-electron chi connectivity index (χ0n) is 16.6. The second-order valence-electron chi connectivity index (χ2n) is 7.15. The van der Waals surface area contributed by atoms with Crippen LogP contribution in [-0.4, -0.2) is 45.3 Å². The molecule has 1 fully saturated rings. The number of piperidine rings is 1. The Morgan fingerprint density at radius 2 is 1.77 bits per heavy atom. The lowest BCUT2D eigenvalue weighted by Crippen LogP contribution is -2.42. The van der Waals surface area contributed by atoms with E-state index >= 15 is 0 Å². The highest BCUT2D eigenvalue weighted by molar-refractivity contribution is 9.10. The van der Waals surface area contributed by atoms with Crippen molar-refractivity contribution in [2.45, 2.75) is 24.3 Å². The predicted octanol–water partition coefficient (Wildman–Crippen LogP) is 2.53. The average Bonchev–Trinajstić information content (AvgIpc) is 2.78. The Morgan fingerprint density at radius 1 is 1.10 bits per heavy atom. The number of likely N-dealkylation sites (tertiary alicyclic amines) is 1. The third-order valence-electron chi connectivity index (χ3n) is 5.19. The molecule has 3 rings (SSSR count). The number of benzene rings is 2. The summed E-state index contributed by atoms with van der Waals surface area (Å²) in [5.74, 6) is -0.264. The first-order chi connectivity index (χ1) is 14.3. The van der Waals surface area contributed by atoms with Gasteiger partial charge in [0, 0.05) is 35.6 Å². The summed E-state index contributed by atoms with van der Waals surface area (Å²) in [5.41, 5.74) is 1.35. The van der Waals surface area contributed by atoms with Gasteiger partial charge in [0.1, 0.15) is 0 Å². The molecule has 7 nitrogen and oxygen atoms in total. The number of amides is 2. The van der Waals surface area contributed by atoms with E-state index in [9.17, 15) is 18.0 Å². The molecule has 0 unspecified atom stereocenters. The van der Waals surface area contributed by atoms with E-state index in [1.165, 1.54) is 13.1 Å². The summed E-state index contributed by atoms with van der Waals surface area (Å²) in [6, 6.07) is 13.7. The standard InChI is InChI=1S/C21H24BrN3O4S/c1-23-30(28,29)19-4-2-3-15(13-19)14-24-20(26)16-9-11-25(12-10-16)21(27)17-5-7-18(22)8-6-17/h2-8,13,16,23H,9-12,14H2,1H3,(H,24,26). The Morgan fingerprint density at radius 3 is 2.40 bits per heavy atom. The van der Waals surface area contributed by atoms with Crippen LogP contribution in [0.2, 0.25) is 0 Å². The summed E-state index contributed by atoms with van der Waals surface area (Å²) in [6.45, 7) is 1.32. The molecule has 1 aliphatic rings. The van der Waals surface area contributed by atoms with Gasteiger partial charge in [0.2, 0.25) is 15.9 Å². The number of hydrogen-bond donors (Lipinski definition) is 2. The molecule has 2 amide bonds. The Kier molecular flexibility index (Phi) is 7.27. The van der Waals surface area contributed by atoms with Crippen molar-refractivity contribution in [2.24, 2.45) is 5.92 Å². The molecule has 1 heterocycles. The van der Waals surface area contributed by atoms with Crippen LogP contribution in [0.5, 0.6) is 0 Å². The number of carbonyl (C=O) groups is 2. The Hall–Kier alpha value is -2.23. The lowest BCUT2D eigenvalue weighted by Gasteiger charge is -2.31. The van der Waals surface area contributed by atoms with Gasteiger partial charge >= 0.3 is 0 Å². The van der Waals surface area contributed by atoms with Crippen molar-refractivity contribution in [3.8, 4) is 0 Å². The molecule has 0 bridgehead atoms. The smallest absolute Gasteiger partial charge is 0.253 e. The molecule has 0 aromatic heterocycles. The van der Waals surface area contributed by atoms with Gasteiger partial charge in [0.05, 0.1) is 4.90 Å². The zero-order valence-corrected chi connectivity index (χ0v) is 19.0. The van der Waals surface area contributed by atoms with Crippen LogP contribution in [0, 0.1) is 5.92 Å².